The Bertz CT molecular complexity index is 159. The second kappa shape index (κ2) is 4.01. The Hall–Kier alpha value is -0.410. The third-order valence-electron chi connectivity index (χ3n) is 2.32. The maximum atomic E-state index is 7.79. The maximum absolute atomic E-state index is 7.79. The van der Waals surface area contributed by atoms with Crippen molar-refractivity contribution < 1.29 is 0 Å². The second-order valence-corrected chi connectivity index (χ2v) is 4.15. The van der Waals surface area contributed by atoms with Gasteiger partial charge in [-0.25, -0.2) is 0 Å². The molecule has 72 valence electrons. The van der Waals surface area contributed by atoms with E-state index in [1.807, 2.05) is 39.8 Å². The van der Waals surface area contributed by atoms with Gasteiger partial charge in [-0.15, -0.1) is 0 Å². The summed E-state index contributed by atoms with van der Waals surface area (Å²) in [6.07, 6.45) is 0. The van der Waals surface area contributed by atoms with E-state index in [2.05, 4.69) is 0 Å². The van der Waals surface area contributed by atoms with E-state index in [1.165, 1.54) is 0 Å². The normalized spacial score (nSPS) is 16.7. The lowest BCUT2D eigenvalue weighted by Crippen LogP contribution is -2.52. The van der Waals surface area contributed by atoms with Crippen molar-refractivity contribution in [3.63, 3.8) is 0 Å². The van der Waals surface area contributed by atoms with Crippen molar-refractivity contribution in [3.05, 3.63) is 0 Å². The van der Waals surface area contributed by atoms with Crippen molar-refractivity contribution in [1.82, 2.24) is 4.90 Å². The van der Waals surface area contributed by atoms with Crippen LogP contribution in [0.2, 0.25) is 0 Å². The molecule has 0 radical (unpaired) electrons. The predicted molar refractivity (Wildman–Crippen MR) is 53.7 cm³/mol. The SMILES string of the molecule is CC(C)C(C)(N)C(=N)CN(C)C. The van der Waals surface area contributed by atoms with Gasteiger partial charge in [0.05, 0.1) is 5.54 Å². The highest BCUT2D eigenvalue weighted by atomic mass is 15.1. The molecule has 0 saturated carbocycles. The van der Waals surface area contributed by atoms with Crippen LogP contribution in [0, 0.1) is 11.3 Å². The molecule has 3 nitrogen and oxygen atoms in total. The number of hydrogen-bond donors (Lipinski definition) is 2. The minimum atomic E-state index is -0.468. The summed E-state index contributed by atoms with van der Waals surface area (Å²) in [4.78, 5) is 1.97. The number of nitrogens with two attached hydrogens (primary N) is 1. The van der Waals surface area contributed by atoms with Crippen LogP contribution in [0.1, 0.15) is 20.8 Å². The summed E-state index contributed by atoms with van der Waals surface area (Å²) in [6, 6.07) is 0. The summed E-state index contributed by atoms with van der Waals surface area (Å²) in [5.74, 6) is 0.310. The topological polar surface area (TPSA) is 53.1 Å². The van der Waals surface area contributed by atoms with E-state index >= 15 is 0 Å². The summed E-state index contributed by atoms with van der Waals surface area (Å²) in [7, 11) is 3.90. The molecular formula is C9H21N3. The third-order valence-corrected chi connectivity index (χ3v) is 2.32. The molecule has 0 bridgehead atoms. The molecule has 3 N–H and O–H groups in total. The van der Waals surface area contributed by atoms with Crippen molar-refractivity contribution in [1.29, 1.82) is 5.41 Å². The number of hydrogen-bond acceptors (Lipinski definition) is 3. The molecule has 1 atom stereocenters. The van der Waals surface area contributed by atoms with E-state index in [0.717, 1.165) is 0 Å². The first-order chi connectivity index (χ1) is 5.28. The van der Waals surface area contributed by atoms with Crippen LogP contribution < -0.4 is 5.73 Å². The van der Waals surface area contributed by atoms with Gasteiger partial charge in [0.1, 0.15) is 0 Å². The Labute approximate surface area is 75.4 Å². The summed E-state index contributed by atoms with van der Waals surface area (Å²) in [5.41, 5.74) is 6.13. The van der Waals surface area contributed by atoms with Crippen molar-refractivity contribution >= 4 is 5.71 Å². The molecule has 0 heterocycles. The van der Waals surface area contributed by atoms with E-state index in [9.17, 15) is 0 Å². The van der Waals surface area contributed by atoms with Crippen molar-refractivity contribution in [2.24, 2.45) is 11.7 Å². The first-order valence-corrected chi connectivity index (χ1v) is 4.30. The molecule has 0 aromatic carbocycles. The lowest BCUT2D eigenvalue weighted by Gasteiger charge is -2.31. The molecule has 0 rings (SSSR count). The summed E-state index contributed by atoms with van der Waals surface area (Å²) in [5, 5.41) is 7.79. The minimum Gasteiger partial charge on any atom is -0.320 e. The van der Waals surface area contributed by atoms with Gasteiger partial charge in [-0.3, -0.25) is 0 Å². The Morgan fingerprint density at radius 2 is 1.92 bits per heavy atom. The minimum absolute atomic E-state index is 0.310. The van der Waals surface area contributed by atoms with Crippen LogP contribution in [0.25, 0.3) is 0 Å². The quantitative estimate of drug-likeness (QED) is 0.619. The number of nitrogens with zero attached hydrogens (tertiary/aromatic N) is 1. The van der Waals surface area contributed by atoms with E-state index in [1.54, 1.807) is 0 Å². The molecule has 0 aromatic rings. The average molecular weight is 171 g/mol. The smallest absolute Gasteiger partial charge is 0.0544 e. The molecule has 0 aliphatic rings. The predicted octanol–water partition coefficient (Wildman–Crippen LogP) is 0.941. The molecule has 0 aliphatic heterocycles. The Kier molecular flexibility index (Phi) is 3.87. The highest BCUT2D eigenvalue weighted by Crippen LogP contribution is 2.14. The van der Waals surface area contributed by atoms with Gasteiger partial charge in [0.25, 0.3) is 0 Å². The van der Waals surface area contributed by atoms with E-state index in [-0.39, 0.29) is 0 Å². The molecule has 1 unspecified atom stereocenters. The summed E-state index contributed by atoms with van der Waals surface area (Å²) < 4.78 is 0. The van der Waals surface area contributed by atoms with Gasteiger partial charge in [0.15, 0.2) is 0 Å². The second-order valence-electron chi connectivity index (χ2n) is 4.15. The zero-order valence-corrected chi connectivity index (χ0v) is 8.81. The van der Waals surface area contributed by atoms with Crippen molar-refractivity contribution in [3.8, 4) is 0 Å². The lowest BCUT2D eigenvalue weighted by atomic mass is 9.84. The van der Waals surface area contributed by atoms with Crippen LogP contribution in [0.5, 0.6) is 0 Å². The van der Waals surface area contributed by atoms with Crippen LogP contribution in [0.3, 0.4) is 0 Å². The molecule has 12 heavy (non-hydrogen) atoms. The fourth-order valence-electron chi connectivity index (χ4n) is 0.835. The van der Waals surface area contributed by atoms with Gasteiger partial charge in [-0.1, -0.05) is 13.8 Å². The van der Waals surface area contributed by atoms with Crippen LogP contribution >= 0.6 is 0 Å². The molecule has 0 aliphatic carbocycles. The van der Waals surface area contributed by atoms with Gasteiger partial charge in [0.2, 0.25) is 0 Å². The fourth-order valence-corrected chi connectivity index (χ4v) is 0.835. The highest BCUT2D eigenvalue weighted by Gasteiger charge is 2.28. The van der Waals surface area contributed by atoms with Gasteiger partial charge in [0, 0.05) is 12.3 Å². The molecular weight excluding hydrogens is 150 g/mol. The lowest BCUT2D eigenvalue weighted by molar-refractivity contribution is 0.407. The van der Waals surface area contributed by atoms with Crippen LogP contribution in [0.4, 0.5) is 0 Å². The zero-order chi connectivity index (χ0) is 9.94. The number of nitrogens with one attached hydrogen (secondary N) is 1. The van der Waals surface area contributed by atoms with Crippen LogP contribution in [-0.4, -0.2) is 36.8 Å². The molecule has 3 heteroatoms. The number of rotatable bonds is 4. The summed E-state index contributed by atoms with van der Waals surface area (Å²) in [6.45, 7) is 6.66. The first kappa shape index (κ1) is 11.6. The average Bonchev–Trinajstić information content (AvgIpc) is 1.85. The molecule has 0 aromatic heterocycles. The molecule has 0 saturated heterocycles. The van der Waals surface area contributed by atoms with Crippen molar-refractivity contribution in [2.45, 2.75) is 26.3 Å². The Morgan fingerprint density at radius 3 is 2.17 bits per heavy atom. The molecule has 0 amide bonds. The highest BCUT2D eigenvalue weighted by molar-refractivity contribution is 5.92. The molecule has 0 fully saturated rings. The van der Waals surface area contributed by atoms with Crippen LogP contribution in [-0.2, 0) is 0 Å². The van der Waals surface area contributed by atoms with Gasteiger partial charge in [-0.05, 0) is 26.9 Å². The van der Waals surface area contributed by atoms with E-state index in [0.29, 0.717) is 18.2 Å². The van der Waals surface area contributed by atoms with E-state index < -0.39 is 5.54 Å². The Balaban J connectivity index is 4.26. The zero-order valence-electron chi connectivity index (χ0n) is 8.81. The van der Waals surface area contributed by atoms with Gasteiger partial charge >= 0.3 is 0 Å². The van der Waals surface area contributed by atoms with E-state index in [4.69, 9.17) is 11.1 Å². The maximum Gasteiger partial charge on any atom is 0.0544 e. The monoisotopic (exact) mass is 171 g/mol. The van der Waals surface area contributed by atoms with Gasteiger partial charge < -0.3 is 16.0 Å². The van der Waals surface area contributed by atoms with Crippen LogP contribution in [0.15, 0.2) is 0 Å². The standard InChI is InChI=1S/C9H21N3/c1-7(2)9(3,11)8(10)6-12(4)5/h7,10H,6,11H2,1-5H3. The van der Waals surface area contributed by atoms with Gasteiger partial charge in [-0.2, -0.15) is 0 Å². The Morgan fingerprint density at radius 1 is 1.50 bits per heavy atom. The molecule has 0 spiro atoms. The third kappa shape index (κ3) is 2.91. The van der Waals surface area contributed by atoms with Crippen molar-refractivity contribution in [2.75, 3.05) is 20.6 Å². The summed E-state index contributed by atoms with van der Waals surface area (Å²) >= 11 is 0. The fraction of sp³-hybridized carbons (Fsp3) is 0.889. The first-order valence-electron chi connectivity index (χ1n) is 4.30. The largest absolute Gasteiger partial charge is 0.320 e.